The zero-order chi connectivity index (χ0) is 15.4. The lowest BCUT2D eigenvalue weighted by Crippen LogP contribution is -2.12. The number of nitrogens with zero attached hydrogens (tertiary/aromatic N) is 2. The van der Waals surface area contributed by atoms with Gasteiger partial charge >= 0.3 is 0 Å². The van der Waals surface area contributed by atoms with Gasteiger partial charge in [-0.3, -0.25) is 0 Å². The van der Waals surface area contributed by atoms with Crippen molar-refractivity contribution in [2.24, 2.45) is 5.92 Å². The Morgan fingerprint density at radius 3 is 2.68 bits per heavy atom. The van der Waals surface area contributed by atoms with Gasteiger partial charge in [0.1, 0.15) is 0 Å². The number of benzene rings is 1. The van der Waals surface area contributed by atoms with Crippen LogP contribution >= 0.6 is 23.2 Å². The van der Waals surface area contributed by atoms with Crippen molar-refractivity contribution < 1.29 is 0 Å². The lowest BCUT2D eigenvalue weighted by atomic mass is 9.82. The van der Waals surface area contributed by atoms with Crippen LogP contribution in [0.25, 0.3) is 6.20 Å². The minimum Gasteiger partial charge on any atom is -0.313 e. The molecular weight excluding hydrogens is 315 g/mol. The van der Waals surface area contributed by atoms with Crippen LogP contribution in [0.4, 0.5) is 0 Å². The second kappa shape index (κ2) is 7.34. The average Bonchev–Trinajstić information content (AvgIpc) is 3.04. The quantitative estimate of drug-likeness (QED) is 0.685. The van der Waals surface area contributed by atoms with Crippen molar-refractivity contribution in [1.29, 1.82) is 0 Å². The Balaban J connectivity index is 1.85. The molecule has 1 aromatic heterocycles. The van der Waals surface area contributed by atoms with E-state index in [9.17, 15) is 0 Å². The molecule has 1 saturated carbocycles. The van der Waals surface area contributed by atoms with Crippen LogP contribution in [-0.4, -0.2) is 9.55 Å². The monoisotopic (exact) mass is 334 g/mol. The van der Waals surface area contributed by atoms with E-state index in [-0.39, 0.29) is 0 Å². The molecule has 1 heterocycles. The number of hydrogen-bond acceptors (Lipinski definition) is 1. The van der Waals surface area contributed by atoms with Crippen LogP contribution in [0.1, 0.15) is 37.7 Å². The lowest BCUT2D eigenvalue weighted by molar-refractivity contribution is 0.399. The standard InChI is InChI=1S/C18H20Cl2N2/c19-17-7-6-14(11-18(17)20)10-16(12-22-9-8-21-13-22)15-4-2-1-3-5-15/h6-9,11-13,15H,1-5,10H2. The highest BCUT2D eigenvalue weighted by Crippen LogP contribution is 2.33. The largest absolute Gasteiger partial charge is 0.313 e. The maximum absolute atomic E-state index is 6.16. The smallest absolute Gasteiger partial charge is 0.0986 e. The maximum atomic E-state index is 6.16. The fourth-order valence-corrected chi connectivity index (χ4v) is 3.51. The van der Waals surface area contributed by atoms with E-state index in [2.05, 4.69) is 17.3 Å². The summed E-state index contributed by atoms with van der Waals surface area (Å²) in [6.07, 6.45) is 15.4. The van der Waals surface area contributed by atoms with Gasteiger partial charge in [-0.25, -0.2) is 4.98 Å². The lowest BCUT2D eigenvalue weighted by Gasteiger charge is -2.25. The molecule has 0 spiro atoms. The molecule has 0 radical (unpaired) electrons. The number of rotatable bonds is 4. The van der Waals surface area contributed by atoms with E-state index < -0.39 is 0 Å². The molecule has 1 aliphatic rings. The molecule has 1 fully saturated rings. The molecule has 0 atom stereocenters. The van der Waals surface area contributed by atoms with Crippen LogP contribution in [0.5, 0.6) is 0 Å². The Labute approximate surface area is 141 Å². The first-order valence-electron chi connectivity index (χ1n) is 7.84. The minimum absolute atomic E-state index is 0.614. The van der Waals surface area contributed by atoms with Gasteiger partial charge in [0.25, 0.3) is 0 Å². The van der Waals surface area contributed by atoms with Gasteiger partial charge in [-0.1, -0.05) is 48.5 Å². The first-order chi connectivity index (χ1) is 10.7. The highest BCUT2D eigenvalue weighted by atomic mass is 35.5. The Bertz CT molecular complexity index is 641. The van der Waals surface area contributed by atoms with E-state index in [1.165, 1.54) is 43.2 Å². The molecule has 116 valence electrons. The van der Waals surface area contributed by atoms with Crippen molar-refractivity contribution in [2.75, 3.05) is 0 Å². The van der Waals surface area contributed by atoms with Crippen LogP contribution in [0.3, 0.4) is 0 Å². The van der Waals surface area contributed by atoms with E-state index >= 15 is 0 Å². The van der Waals surface area contributed by atoms with Crippen LogP contribution < -0.4 is 0 Å². The topological polar surface area (TPSA) is 17.8 Å². The van der Waals surface area contributed by atoms with Gasteiger partial charge in [0.15, 0.2) is 0 Å². The summed E-state index contributed by atoms with van der Waals surface area (Å²) in [6, 6.07) is 5.93. The van der Waals surface area contributed by atoms with Gasteiger partial charge in [-0.05, 0) is 48.4 Å². The van der Waals surface area contributed by atoms with Crippen LogP contribution in [0.2, 0.25) is 10.0 Å². The van der Waals surface area contributed by atoms with E-state index in [1.54, 1.807) is 0 Å². The molecule has 0 aliphatic heterocycles. The summed E-state index contributed by atoms with van der Waals surface area (Å²) in [5, 5.41) is 1.24. The third-order valence-electron chi connectivity index (χ3n) is 4.36. The molecular formula is C18H20Cl2N2. The van der Waals surface area contributed by atoms with Crippen molar-refractivity contribution >= 4 is 29.4 Å². The molecule has 2 nitrogen and oxygen atoms in total. The second-order valence-electron chi connectivity index (χ2n) is 5.97. The Morgan fingerprint density at radius 2 is 2.00 bits per heavy atom. The zero-order valence-corrected chi connectivity index (χ0v) is 14.0. The summed E-state index contributed by atoms with van der Waals surface area (Å²) in [4.78, 5) is 4.13. The van der Waals surface area contributed by atoms with Crippen LogP contribution in [0, 0.1) is 5.92 Å². The fraction of sp³-hybridized carbons (Fsp3) is 0.389. The summed E-state index contributed by atoms with van der Waals surface area (Å²) < 4.78 is 2.04. The second-order valence-corrected chi connectivity index (χ2v) is 6.79. The molecule has 1 aromatic carbocycles. The van der Waals surface area contributed by atoms with Gasteiger partial charge in [0, 0.05) is 18.6 Å². The highest BCUT2D eigenvalue weighted by molar-refractivity contribution is 6.42. The molecule has 0 unspecified atom stereocenters. The minimum atomic E-state index is 0.614. The summed E-state index contributed by atoms with van der Waals surface area (Å²) >= 11 is 12.2. The Hall–Kier alpha value is -1.25. The number of imidazole rings is 1. The molecule has 0 amide bonds. The summed E-state index contributed by atoms with van der Waals surface area (Å²) in [5.41, 5.74) is 2.67. The number of hydrogen-bond donors (Lipinski definition) is 0. The Kier molecular flexibility index (Phi) is 5.22. The van der Waals surface area contributed by atoms with Crippen LogP contribution in [0.15, 0.2) is 42.5 Å². The molecule has 0 saturated heterocycles. The fourth-order valence-electron chi connectivity index (χ4n) is 3.19. The van der Waals surface area contributed by atoms with Crippen molar-refractivity contribution in [2.45, 2.75) is 38.5 Å². The normalized spacial score (nSPS) is 16.9. The third kappa shape index (κ3) is 3.93. The van der Waals surface area contributed by atoms with E-state index in [4.69, 9.17) is 23.2 Å². The predicted molar refractivity (Wildman–Crippen MR) is 93.2 cm³/mol. The predicted octanol–water partition coefficient (Wildman–Crippen LogP) is 5.85. The SMILES string of the molecule is Clc1ccc(CC(=Cn2ccnc2)C2CCCCC2)cc1Cl. The van der Waals surface area contributed by atoms with E-state index in [0.29, 0.717) is 16.0 Å². The van der Waals surface area contributed by atoms with Gasteiger partial charge in [0.2, 0.25) is 0 Å². The van der Waals surface area contributed by atoms with Crippen molar-refractivity contribution in [1.82, 2.24) is 9.55 Å². The molecule has 2 aromatic rings. The van der Waals surface area contributed by atoms with Gasteiger partial charge in [0.05, 0.1) is 16.4 Å². The van der Waals surface area contributed by atoms with Crippen LogP contribution in [-0.2, 0) is 6.42 Å². The number of aromatic nitrogens is 2. The van der Waals surface area contributed by atoms with Gasteiger partial charge in [-0.2, -0.15) is 0 Å². The Morgan fingerprint density at radius 1 is 1.18 bits per heavy atom. The molecule has 4 heteroatoms. The van der Waals surface area contributed by atoms with E-state index in [0.717, 1.165) is 6.42 Å². The van der Waals surface area contributed by atoms with Gasteiger partial charge in [-0.15, -0.1) is 0 Å². The maximum Gasteiger partial charge on any atom is 0.0986 e. The third-order valence-corrected chi connectivity index (χ3v) is 5.10. The molecule has 0 N–H and O–H groups in total. The molecule has 1 aliphatic carbocycles. The first-order valence-corrected chi connectivity index (χ1v) is 8.60. The summed E-state index contributed by atoms with van der Waals surface area (Å²) in [7, 11) is 0. The first kappa shape index (κ1) is 15.6. The zero-order valence-electron chi connectivity index (χ0n) is 12.5. The number of allylic oxidation sites excluding steroid dienone is 1. The highest BCUT2D eigenvalue weighted by Gasteiger charge is 2.18. The average molecular weight is 335 g/mol. The van der Waals surface area contributed by atoms with Gasteiger partial charge < -0.3 is 4.57 Å². The summed E-state index contributed by atoms with van der Waals surface area (Å²) in [6.45, 7) is 0. The molecule has 3 rings (SSSR count). The van der Waals surface area contributed by atoms with Crippen molar-refractivity contribution in [3.05, 3.63) is 58.1 Å². The molecule has 0 bridgehead atoms. The number of halogens is 2. The molecule has 22 heavy (non-hydrogen) atoms. The van der Waals surface area contributed by atoms with E-state index in [1.807, 2.05) is 35.4 Å². The van der Waals surface area contributed by atoms with Crippen molar-refractivity contribution in [3.63, 3.8) is 0 Å². The summed E-state index contributed by atoms with van der Waals surface area (Å²) in [5.74, 6) is 0.658. The van der Waals surface area contributed by atoms with Crippen molar-refractivity contribution in [3.8, 4) is 0 Å².